The maximum atomic E-state index is 11.5. The van der Waals surface area contributed by atoms with E-state index < -0.39 is 15.6 Å². The summed E-state index contributed by atoms with van der Waals surface area (Å²) in [5.74, 6) is 1.24. The van der Waals surface area contributed by atoms with E-state index in [0.29, 0.717) is 18.2 Å². The summed E-state index contributed by atoms with van der Waals surface area (Å²) < 4.78 is 25.7. The fraction of sp³-hybridized carbons (Fsp3) is 0.278. The molecular weight excluding hydrogens is 350 g/mol. The minimum Gasteiger partial charge on any atom is -0.368 e. The summed E-state index contributed by atoms with van der Waals surface area (Å²) in [7, 11) is -3.31. The maximum absolute atomic E-state index is 11.5. The molecule has 8 heteroatoms. The molecule has 0 unspecified atom stereocenters. The molecule has 0 aliphatic rings. The van der Waals surface area contributed by atoms with Gasteiger partial charge in [0.25, 0.3) is 0 Å². The van der Waals surface area contributed by atoms with Crippen LogP contribution in [0.4, 0.5) is 5.82 Å². The highest BCUT2D eigenvalue weighted by atomic mass is 32.2. The number of para-hydroxylation sites is 1. The molecular formula is C18H21N5O2S. The largest absolute Gasteiger partial charge is 0.368 e. The summed E-state index contributed by atoms with van der Waals surface area (Å²) in [6, 6.07) is 11.4. The second-order valence-corrected chi connectivity index (χ2v) is 8.51. The summed E-state index contributed by atoms with van der Waals surface area (Å²) in [4.78, 5) is 13.3. The van der Waals surface area contributed by atoms with Gasteiger partial charge in [0, 0.05) is 35.4 Å². The summed E-state index contributed by atoms with van der Waals surface area (Å²) in [6.45, 7) is 4.00. The van der Waals surface area contributed by atoms with Crippen molar-refractivity contribution in [2.45, 2.75) is 19.4 Å². The Morgan fingerprint density at radius 2 is 1.73 bits per heavy atom. The first-order valence-corrected chi connectivity index (χ1v) is 10.0. The molecule has 0 radical (unpaired) electrons. The number of benzene rings is 1. The summed E-state index contributed by atoms with van der Waals surface area (Å²) in [5, 5.41) is 4.14. The van der Waals surface area contributed by atoms with E-state index in [9.17, 15) is 8.42 Å². The lowest BCUT2D eigenvalue weighted by Gasteiger charge is -2.26. The second kappa shape index (κ2) is 6.97. The Hall–Kier alpha value is -2.58. The number of nitrogens with one attached hydrogen (secondary N) is 2. The van der Waals surface area contributed by atoms with Crippen LogP contribution in [0.5, 0.6) is 0 Å². The predicted octanol–water partition coefficient (Wildman–Crippen LogP) is 2.43. The lowest BCUT2D eigenvalue weighted by atomic mass is 10.1. The van der Waals surface area contributed by atoms with Gasteiger partial charge in [0.05, 0.1) is 11.8 Å². The van der Waals surface area contributed by atoms with E-state index in [2.05, 4.69) is 25.0 Å². The number of sulfonamides is 1. The number of rotatable bonds is 6. The molecule has 0 aliphatic heterocycles. The third-order valence-corrected chi connectivity index (χ3v) is 4.62. The van der Waals surface area contributed by atoms with Crippen LogP contribution in [0.1, 0.15) is 13.8 Å². The highest BCUT2D eigenvalue weighted by Crippen LogP contribution is 2.25. The van der Waals surface area contributed by atoms with E-state index in [4.69, 9.17) is 0 Å². The van der Waals surface area contributed by atoms with Crippen molar-refractivity contribution in [1.82, 2.24) is 19.7 Å². The molecule has 3 aromatic rings. The topological polar surface area (TPSA) is 96.9 Å². The van der Waals surface area contributed by atoms with Gasteiger partial charge in [-0.2, -0.15) is 0 Å². The normalized spacial score (nSPS) is 12.3. The third-order valence-electron chi connectivity index (χ3n) is 3.70. The molecule has 2 aromatic heterocycles. The van der Waals surface area contributed by atoms with Gasteiger partial charge in [0.15, 0.2) is 5.82 Å². The van der Waals surface area contributed by atoms with Gasteiger partial charge in [-0.25, -0.2) is 23.1 Å². The van der Waals surface area contributed by atoms with Crippen molar-refractivity contribution in [3.8, 4) is 11.4 Å². The number of aromatic nitrogens is 3. The van der Waals surface area contributed by atoms with Crippen LogP contribution in [-0.2, 0) is 10.0 Å². The lowest BCUT2D eigenvalue weighted by Crippen LogP contribution is -2.47. The van der Waals surface area contributed by atoms with Gasteiger partial charge in [-0.05, 0) is 38.1 Å². The SMILES string of the molecule is CC(C)(CNc1nc(-c2ccncc2)nc2ccccc12)NS(C)(=O)=O. The molecule has 136 valence electrons. The quantitative estimate of drug-likeness (QED) is 0.691. The molecule has 2 N–H and O–H groups in total. The van der Waals surface area contributed by atoms with Crippen LogP contribution in [0.15, 0.2) is 48.8 Å². The Bertz CT molecular complexity index is 1020. The van der Waals surface area contributed by atoms with E-state index in [1.165, 1.54) is 0 Å². The molecule has 7 nitrogen and oxygen atoms in total. The molecule has 0 saturated carbocycles. The van der Waals surface area contributed by atoms with Gasteiger partial charge >= 0.3 is 0 Å². The molecule has 3 rings (SSSR count). The zero-order valence-electron chi connectivity index (χ0n) is 14.9. The third kappa shape index (κ3) is 4.53. The van der Waals surface area contributed by atoms with Crippen LogP contribution >= 0.6 is 0 Å². The number of nitrogens with zero attached hydrogens (tertiary/aromatic N) is 3. The fourth-order valence-electron chi connectivity index (χ4n) is 2.68. The van der Waals surface area contributed by atoms with Crippen molar-refractivity contribution in [2.24, 2.45) is 0 Å². The summed E-state index contributed by atoms with van der Waals surface area (Å²) in [6.07, 6.45) is 4.54. The minimum atomic E-state index is -3.31. The zero-order valence-corrected chi connectivity index (χ0v) is 15.7. The van der Waals surface area contributed by atoms with Crippen molar-refractivity contribution < 1.29 is 8.42 Å². The van der Waals surface area contributed by atoms with E-state index in [0.717, 1.165) is 22.7 Å². The maximum Gasteiger partial charge on any atom is 0.209 e. The number of hydrogen-bond acceptors (Lipinski definition) is 6. The molecule has 0 fully saturated rings. The molecule has 1 aromatic carbocycles. The van der Waals surface area contributed by atoms with Crippen molar-refractivity contribution in [1.29, 1.82) is 0 Å². The molecule has 26 heavy (non-hydrogen) atoms. The highest BCUT2D eigenvalue weighted by Gasteiger charge is 2.22. The van der Waals surface area contributed by atoms with Gasteiger partial charge in [0.1, 0.15) is 5.82 Å². The van der Waals surface area contributed by atoms with Crippen LogP contribution in [0.2, 0.25) is 0 Å². The van der Waals surface area contributed by atoms with E-state index >= 15 is 0 Å². The number of pyridine rings is 1. The average Bonchev–Trinajstić information content (AvgIpc) is 2.58. The van der Waals surface area contributed by atoms with Crippen molar-refractivity contribution in [3.63, 3.8) is 0 Å². The molecule has 2 heterocycles. The van der Waals surface area contributed by atoms with Crippen LogP contribution < -0.4 is 10.0 Å². The zero-order chi connectivity index (χ0) is 18.8. The Labute approximate surface area is 153 Å². The van der Waals surface area contributed by atoms with Crippen molar-refractivity contribution in [2.75, 3.05) is 18.1 Å². The van der Waals surface area contributed by atoms with Crippen LogP contribution in [0.25, 0.3) is 22.3 Å². The Morgan fingerprint density at radius 3 is 2.42 bits per heavy atom. The smallest absolute Gasteiger partial charge is 0.209 e. The van der Waals surface area contributed by atoms with E-state index in [-0.39, 0.29) is 0 Å². The number of hydrogen-bond donors (Lipinski definition) is 2. The molecule has 0 saturated heterocycles. The minimum absolute atomic E-state index is 0.372. The molecule has 0 aliphatic carbocycles. The lowest BCUT2D eigenvalue weighted by molar-refractivity contribution is 0.476. The number of fused-ring (bicyclic) bond motifs is 1. The van der Waals surface area contributed by atoms with Crippen molar-refractivity contribution >= 4 is 26.7 Å². The Morgan fingerprint density at radius 1 is 1.04 bits per heavy atom. The molecule has 0 spiro atoms. The summed E-state index contributed by atoms with van der Waals surface area (Å²) in [5.41, 5.74) is 1.00. The Kier molecular flexibility index (Phi) is 4.88. The Balaban J connectivity index is 1.97. The first-order chi connectivity index (χ1) is 12.2. The predicted molar refractivity (Wildman–Crippen MR) is 103 cm³/mol. The first kappa shape index (κ1) is 18.2. The van der Waals surface area contributed by atoms with Gasteiger partial charge in [-0.15, -0.1) is 0 Å². The first-order valence-electron chi connectivity index (χ1n) is 8.14. The van der Waals surface area contributed by atoms with E-state index in [1.54, 1.807) is 12.4 Å². The van der Waals surface area contributed by atoms with Gasteiger partial charge in [-0.3, -0.25) is 4.98 Å². The highest BCUT2D eigenvalue weighted by molar-refractivity contribution is 7.88. The van der Waals surface area contributed by atoms with Gasteiger partial charge in [0.2, 0.25) is 10.0 Å². The standard InChI is InChI=1S/C18H21N5O2S/c1-18(2,23-26(3,24)25)12-20-17-14-6-4-5-7-15(14)21-16(22-17)13-8-10-19-11-9-13/h4-11,23H,12H2,1-3H3,(H,20,21,22). The fourth-order valence-corrected chi connectivity index (χ4v) is 3.76. The molecule has 0 amide bonds. The monoisotopic (exact) mass is 371 g/mol. The van der Waals surface area contributed by atoms with Gasteiger partial charge in [-0.1, -0.05) is 12.1 Å². The van der Waals surface area contributed by atoms with Gasteiger partial charge < -0.3 is 5.32 Å². The molecule has 0 bridgehead atoms. The van der Waals surface area contributed by atoms with Crippen LogP contribution in [-0.4, -0.2) is 41.7 Å². The van der Waals surface area contributed by atoms with Crippen molar-refractivity contribution in [3.05, 3.63) is 48.8 Å². The summed E-state index contributed by atoms with van der Waals surface area (Å²) >= 11 is 0. The average molecular weight is 371 g/mol. The molecule has 0 atom stereocenters. The number of anilines is 1. The van der Waals surface area contributed by atoms with Crippen LogP contribution in [0, 0.1) is 0 Å². The van der Waals surface area contributed by atoms with E-state index in [1.807, 2.05) is 50.2 Å². The second-order valence-electron chi connectivity index (χ2n) is 6.76. The van der Waals surface area contributed by atoms with Crippen LogP contribution in [0.3, 0.4) is 0 Å².